The molecular weight excluding hydrogens is 341 g/mol. The Labute approximate surface area is 144 Å². The maximum atomic E-state index is 6.24. The molecule has 0 aliphatic heterocycles. The van der Waals surface area contributed by atoms with E-state index in [0.717, 1.165) is 11.3 Å². The largest absolute Gasteiger partial charge is 0.493 e. The normalized spacial score (nSPS) is 10.2. The van der Waals surface area contributed by atoms with Gasteiger partial charge in [0.05, 0.1) is 17.8 Å². The predicted molar refractivity (Wildman–Crippen MR) is 98.4 cm³/mol. The van der Waals surface area contributed by atoms with Gasteiger partial charge in [-0.25, -0.2) is 0 Å². The van der Waals surface area contributed by atoms with Crippen LogP contribution in [0.4, 0.5) is 17.1 Å². The summed E-state index contributed by atoms with van der Waals surface area (Å²) in [4.78, 5) is 0. The highest BCUT2D eigenvalue weighted by atomic mass is 35.5. The summed E-state index contributed by atoms with van der Waals surface area (Å²) >= 11 is 17.7. The molecule has 2 aromatic carbocycles. The van der Waals surface area contributed by atoms with Gasteiger partial charge in [0.15, 0.2) is 10.9 Å². The maximum Gasteiger partial charge on any atom is 0.175 e. The molecule has 7 heteroatoms. The Morgan fingerprint density at radius 3 is 2.41 bits per heavy atom. The number of ether oxygens (including phenoxy) is 1. The Hall–Kier alpha value is -1.69. The van der Waals surface area contributed by atoms with E-state index in [9.17, 15) is 0 Å². The van der Waals surface area contributed by atoms with E-state index in [0.29, 0.717) is 32.3 Å². The van der Waals surface area contributed by atoms with E-state index >= 15 is 0 Å². The molecule has 4 nitrogen and oxygen atoms in total. The molecule has 0 saturated heterocycles. The van der Waals surface area contributed by atoms with E-state index in [1.54, 1.807) is 18.2 Å². The van der Waals surface area contributed by atoms with Crippen LogP contribution >= 0.6 is 35.4 Å². The van der Waals surface area contributed by atoms with Gasteiger partial charge < -0.3 is 21.1 Å². The van der Waals surface area contributed by atoms with Gasteiger partial charge in [0.2, 0.25) is 0 Å². The van der Waals surface area contributed by atoms with Crippen molar-refractivity contribution in [3.05, 3.63) is 45.9 Å². The molecule has 0 amide bonds. The van der Waals surface area contributed by atoms with Crippen molar-refractivity contribution in [1.82, 2.24) is 0 Å². The van der Waals surface area contributed by atoms with Gasteiger partial charge in [-0.2, -0.15) is 0 Å². The molecule has 2 rings (SSSR count). The minimum atomic E-state index is 0.388. The minimum absolute atomic E-state index is 0.388. The zero-order valence-electron chi connectivity index (χ0n) is 12.0. The van der Waals surface area contributed by atoms with Crippen LogP contribution in [0.3, 0.4) is 0 Å². The van der Waals surface area contributed by atoms with Gasteiger partial charge in [0.25, 0.3) is 0 Å². The number of hydrogen-bond donors (Lipinski definition) is 3. The summed E-state index contributed by atoms with van der Waals surface area (Å²) in [5, 5.41) is 7.44. The molecule has 0 aliphatic carbocycles. The number of halogens is 2. The average molecular weight is 356 g/mol. The molecule has 0 aliphatic rings. The predicted octanol–water partition coefficient (Wildman–Crippen LogP) is 4.70. The zero-order chi connectivity index (χ0) is 16.3. The lowest BCUT2D eigenvalue weighted by molar-refractivity contribution is 0.417. The summed E-state index contributed by atoms with van der Waals surface area (Å²) in [6.45, 7) is 1.82. The van der Waals surface area contributed by atoms with Crippen LogP contribution < -0.4 is 21.1 Å². The molecule has 0 fully saturated rings. The molecule has 0 heterocycles. The second-order valence-electron chi connectivity index (χ2n) is 4.58. The van der Waals surface area contributed by atoms with Crippen molar-refractivity contribution in [3.63, 3.8) is 0 Å². The maximum absolute atomic E-state index is 6.24. The Bertz CT molecular complexity index is 705. The molecule has 0 aromatic heterocycles. The molecule has 0 saturated carbocycles. The highest BCUT2D eigenvalue weighted by Crippen LogP contribution is 2.39. The van der Waals surface area contributed by atoms with E-state index in [1.165, 1.54) is 7.11 Å². The quantitative estimate of drug-likeness (QED) is 0.550. The Morgan fingerprint density at radius 2 is 1.82 bits per heavy atom. The second-order valence-corrected chi connectivity index (χ2v) is 5.77. The lowest BCUT2D eigenvalue weighted by Gasteiger charge is -2.16. The van der Waals surface area contributed by atoms with Crippen LogP contribution in [0.15, 0.2) is 30.3 Å². The number of methoxy groups -OCH3 is 1. The molecule has 22 heavy (non-hydrogen) atoms. The Morgan fingerprint density at radius 1 is 1.18 bits per heavy atom. The number of nitrogens with one attached hydrogen (secondary N) is 2. The first kappa shape index (κ1) is 16.7. The van der Waals surface area contributed by atoms with Gasteiger partial charge in [-0.15, -0.1) is 0 Å². The van der Waals surface area contributed by atoms with Gasteiger partial charge in [0, 0.05) is 16.4 Å². The van der Waals surface area contributed by atoms with Crippen LogP contribution in [0.5, 0.6) is 5.75 Å². The molecule has 0 atom stereocenters. The number of thiocarbonyl (C=S) groups is 1. The van der Waals surface area contributed by atoms with Crippen molar-refractivity contribution in [2.75, 3.05) is 23.5 Å². The van der Waals surface area contributed by atoms with Crippen molar-refractivity contribution >= 4 is 57.6 Å². The lowest BCUT2D eigenvalue weighted by Crippen LogP contribution is -2.19. The molecule has 0 unspecified atom stereocenters. The highest BCUT2D eigenvalue weighted by molar-refractivity contribution is 7.80. The van der Waals surface area contributed by atoms with Crippen LogP contribution in [0.25, 0.3) is 0 Å². The highest BCUT2D eigenvalue weighted by Gasteiger charge is 2.15. The van der Waals surface area contributed by atoms with Gasteiger partial charge in [0.1, 0.15) is 0 Å². The Kier molecular flexibility index (Phi) is 5.34. The van der Waals surface area contributed by atoms with Crippen LogP contribution in [-0.4, -0.2) is 12.2 Å². The first-order valence-electron chi connectivity index (χ1n) is 6.38. The molecule has 0 radical (unpaired) electrons. The van der Waals surface area contributed by atoms with Crippen molar-refractivity contribution < 1.29 is 4.74 Å². The topological polar surface area (TPSA) is 59.3 Å². The summed E-state index contributed by atoms with van der Waals surface area (Å²) in [7, 11) is 1.54. The van der Waals surface area contributed by atoms with Crippen LogP contribution in [0, 0.1) is 6.92 Å². The monoisotopic (exact) mass is 355 g/mol. The molecule has 2 aromatic rings. The molecule has 0 bridgehead atoms. The fraction of sp³-hybridized carbons (Fsp3) is 0.133. The van der Waals surface area contributed by atoms with Gasteiger partial charge >= 0.3 is 0 Å². The first-order valence-corrected chi connectivity index (χ1v) is 7.55. The van der Waals surface area contributed by atoms with Crippen molar-refractivity contribution in [2.45, 2.75) is 6.92 Å². The summed E-state index contributed by atoms with van der Waals surface area (Å²) in [6.07, 6.45) is 0. The number of anilines is 3. The van der Waals surface area contributed by atoms with E-state index in [2.05, 4.69) is 10.6 Å². The molecular formula is C15H15Cl2N3OS. The van der Waals surface area contributed by atoms with Gasteiger partial charge in [-0.3, -0.25) is 0 Å². The summed E-state index contributed by atoms with van der Waals surface area (Å²) < 4.78 is 5.32. The summed E-state index contributed by atoms with van der Waals surface area (Å²) in [5.74, 6) is 0.491. The van der Waals surface area contributed by atoms with E-state index in [1.807, 2.05) is 19.1 Å². The lowest BCUT2D eigenvalue weighted by atomic mass is 10.2. The Balaban J connectivity index is 2.19. The SMILES string of the molecule is COc1c(NC(=S)Nc2ccc(N)cc2)cc(Cl)c(C)c1Cl. The van der Waals surface area contributed by atoms with Crippen molar-refractivity contribution in [2.24, 2.45) is 0 Å². The summed E-state index contributed by atoms with van der Waals surface area (Å²) in [6, 6.07) is 8.94. The third-order valence-electron chi connectivity index (χ3n) is 3.02. The second kappa shape index (κ2) is 7.05. The average Bonchev–Trinajstić information content (AvgIpc) is 2.48. The first-order chi connectivity index (χ1) is 10.4. The molecule has 4 N–H and O–H groups in total. The van der Waals surface area contributed by atoms with E-state index < -0.39 is 0 Å². The molecule has 0 spiro atoms. The number of nitrogens with two attached hydrogens (primary N) is 1. The third-order valence-corrected chi connectivity index (χ3v) is 4.08. The van der Waals surface area contributed by atoms with Gasteiger partial charge in [-0.1, -0.05) is 23.2 Å². The summed E-state index contributed by atoms with van der Waals surface area (Å²) in [5.41, 5.74) is 8.49. The number of rotatable bonds is 3. The third kappa shape index (κ3) is 3.74. The fourth-order valence-electron chi connectivity index (χ4n) is 1.84. The van der Waals surface area contributed by atoms with Gasteiger partial charge in [-0.05, 0) is 55.0 Å². The number of hydrogen-bond acceptors (Lipinski definition) is 3. The van der Waals surface area contributed by atoms with E-state index in [4.69, 9.17) is 45.9 Å². The van der Waals surface area contributed by atoms with Crippen LogP contribution in [0.2, 0.25) is 10.0 Å². The fourth-order valence-corrected chi connectivity index (χ4v) is 2.60. The zero-order valence-corrected chi connectivity index (χ0v) is 14.4. The molecule has 116 valence electrons. The minimum Gasteiger partial charge on any atom is -0.493 e. The van der Waals surface area contributed by atoms with Crippen molar-refractivity contribution in [1.29, 1.82) is 0 Å². The standard InChI is InChI=1S/C15H15Cl2N3OS/c1-8-11(16)7-12(14(21-2)13(8)17)20-15(22)19-10-5-3-9(18)4-6-10/h3-7H,18H2,1-2H3,(H2,19,20,22). The number of nitrogen functional groups attached to an aromatic ring is 1. The van der Waals surface area contributed by atoms with Crippen LogP contribution in [0.1, 0.15) is 5.56 Å². The number of benzene rings is 2. The van der Waals surface area contributed by atoms with Crippen LogP contribution in [-0.2, 0) is 0 Å². The van der Waals surface area contributed by atoms with Crippen molar-refractivity contribution in [3.8, 4) is 5.75 Å². The van der Waals surface area contributed by atoms with E-state index in [-0.39, 0.29) is 0 Å². The smallest absolute Gasteiger partial charge is 0.175 e.